The molecule has 0 heterocycles. The van der Waals surface area contributed by atoms with E-state index in [2.05, 4.69) is 10.6 Å². The fraction of sp³-hybridized carbons (Fsp3) is 0.391. The van der Waals surface area contributed by atoms with Gasteiger partial charge in [-0.05, 0) is 80.5 Å². The Bertz CT molecular complexity index is 884. The summed E-state index contributed by atoms with van der Waals surface area (Å²) in [7, 11) is 0. The minimum Gasteiger partial charge on any atom is -0.352 e. The molecule has 1 aliphatic carbocycles. The molecule has 2 atom stereocenters. The molecule has 29 heavy (non-hydrogen) atoms. The highest BCUT2D eigenvalue weighted by atomic mass is 19.1. The van der Waals surface area contributed by atoms with Crippen LogP contribution in [0.1, 0.15) is 52.0 Å². The molecule has 2 amide bonds. The number of nitrogens with one attached hydrogen (secondary N) is 2. The van der Waals surface area contributed by atoms with Gasteiger partial charge in [0.1, 0.15) is 5.82 Å². The summed E-state index contributed by atoms with van der Waals surface area (Å²) >= 11 is 0. The highest BCUT2D eigenvalue weighted by Crippen LogP contribution is 2.28. The van der Waals surface area contributed by atoms with Crippen LogP contribution in [-0.4, -0.2) is 24.9 Å². The van der Waals surface area contributed by atoms with Crippen molar-refractivity contribution in [3.8, 4) is 0 Å². The molecule has 1 saturated carbocycles. The smallest absolute Gasteiger partial charge is 0.255 e. The first-order valence-electron chi connectivity index (χ1n) is 10.1. The van der Waals surface area contributed by atoms with E-state index in [1.807, 2.05) is 6.92 Å². The Morgan fingerprint density at radius 2 is 1.83 bits per heavy atom. The number of nitrogens with two attached hydrogens (primary N) is 1. The number of anilines is 1. The molecule has 2 unspecified atom stereocenters. The number of aryl methyl sites for hydroxylation is 1. The molecule has 0 saturated heterocycles. The van der Waals surface area contributed by atoms with E-state index in [1.54, 1.807) is 24.3 Å². The summed E-state index contributed by atoms with van der Waals surface area (Å²) in [4.78, 5) is 25.0. The zero-order valence-corrected chi connectivity index (χ0v) is 16.7. The highest BCUT2D eigenvalue weighted by Gasteiger charge is 2.21. The van der Waals surface area contributed by atoms with Crippen LogP contribution in [0.5, 0.6) is 0 Å². The minimum atomic E-state index is -0.470. The summed E-state index contributed by atoms with van der Waals surface area (Å²) in [6.07, 6.45) is 4.50. The average Bonchev–Trinajstić information content (AvgIpc) is 2.73. The molecule has 1 fully saturated rings. The summed E-state index contributed by atoms with van der Waals surface area (Å²) in [5.41, 5.74) is 7.86. The first-order chi connectivity index (χ1) is 14.0. The van der Waals surface area contributed by atoms with Crippen LogP contribution in [0, 0.1) is 24.6 Å². The lowest BCUT2D eigenvalue weighted by molar-refractivity contribution is 0.0939. The van der Waals surface area contributed by atoms with E-state index >= 15 is 0 Å². The monoisotopic (exact) mass is 397 g/mol. The van der Waals surface area contributed by atoms with Crippen LogP contribution in [0.25, 0.3) is 0 Å². The van der Waals surface area contributed by atoms with Crippen molar-refractivity contribution in [1.82, 2.24) is 5.32 Å². The van der Waals surface area contributed by atoms with Gasteiger partial charge in [0.05, 0.1) is 0 Å². The van der Waals surface area contributed by atoms with Crippen LogP contribution < -0.4 is 16.4 Å². The van der Waals surface area contributed by atoms with Crippen LogP contribution in [0.15, 0.2) is 42.5 Å². The van der Waals surface area contributed by atoms with E-state index in [4.69, 9.17) is 5.73 Å². The Labute approximate surface area is 170 Å². The first kappa shape index (κ1) is 21.0. The standard InChI is InChI=1S/C23H28FN3O2/c1-15-8-9-19(22(28)26-14-17-5-2-4-16(10-17)13-25)12-21(15)27-23(29)18-6-3-7-20(24)11-18/h3,6-9,11-12,16-17H,2,4-5,10,13-14,25H2,1H3,(H,26,28)(H,27,29). The largest absolute Gasteiger partial charge is 0.352 e. The molecule has 5 nitrogen and oxygen atoms in total. The molecule has 4 N–H and O–H groups in total. The van der Waals surface area contributed by atoms with Crippen molar-refractivity contribution in [2.24, 2.45) is 17.6 Å². The quantitative estimate of drug-likeness (QED) is 0.692. The Kier molecular flexibility index (Phi) is 6.99. The minimum absolute atomic E-state index is 0.166. The topological polar surface area (TPSA) is 84.2 Å². The zero-order valence-electron chi connectivity index (χ0n) is 16.7. The molecular formula is C23H28FN3O2. The predicted octanol–water partition coefficient (Wildman–Crippen LogP) is 3.88. The van der Waals surface area contributed by atoms with E-state index in [0.717, 1.165) is 24.8 Å². The lowest BCUT2D eigenvalue weighted by atomic mass is 9.81. The third kappa shape index (κ3) is 5.64. The van der Waals surface area contributed by atoms with Crippen molar-refractivity contribution in [3.63, 3.8) is 0 Å². The molecule has 0 aromatic heterocycles. The Balaban J connectivity index is 1.63. The molecule has 1 aliphatic rings. The maximum absolute atomic E-state index is 13.4. The number of rotatable bonds is 6. The van der Waals surface area contributed by atoms with E-state index in [-0.39, 0.29) is 11.5 Å². The lowest BCUT2D eigenvalue weighted by Crippen LogP contribution is -2.33. The van der Waals surface area contributed by atoms with Crippen LogP contribution in [0.4, 0.5) is 10.1 Å². The van der Waals surface area contributed by atoms with Crippen molar-refractivity contribution in [1.29, 1.82) is 0 Å². The first-order valence-corrected chi connectivity index (χ1v) is 10.1. The van der Waals surface area contributed by atoms with E-state index in [9.17, 15) is 14.0 Å². The van der Waals surface area contributed by atoms with Gasteiger partial charge in [0, 0.05) is 23.4 Å². The van der Waals surface area contributed by atoms with Gasteiger partial charge >= 0.3 is 0 Å². The van der Waals surface area contributed by atoms with Crippen molar-refractivity contribution in [2.75, 3.05) is 18.4 Å². The number of benzene rings is 2. The molecule has 154 valence electrons. The van der Waals surface area contributed by atoms with Gasteiger partial charge in [-0.15, -0.1) is 0 Å². The highest BCUT2D eigenvalue weighted by molar-refractivity contribution is 6.05. The van der Waals surface area contributed by atoms with Gasteiger partial charge in [-0.2, -0.15) is 0 Å². The van der Waals surface area contributed by atoms with Crippen LogP contribution >= 0.6 is 0 Å². The van der Waals surface area contributed by atoms with Gasteiger partial charge in [-0.3, -0.25) is 9.59 Å². The number of carbonyl (C=O) groups excluding carboxylic acids is 2. The number of hydrogen-bond donors (Lipinski definition) is 3. The van der Waals surface area contributed by atoms with Gasteiger partial charge < -0.3 is 16.4 Å². The fourth-order valence-electron chi connectivity index (χ4n) is 3.86. The predicted molar refractivity (Wildman–Crippen MR) is 112 cm³/mol. The van der Waals surface area contributed by atoms with Gasteiger partial charge in [0.15, 0.2) is 0 Å². The molecule has 0 aliphatic heterocycles. The summed E-state index contributed by atoms with van der Waals surface area (Å²) in [5.74, 6) is -0.0445. The molecule has 0 bridgehead atoms. The average molecular weight is 397 g/mol. The summed E-state index contributed by atoms with van der Waals surface area (Å²) in [6, 6.07) is 10.7. The Hall–Kier alpha value is -2.73. The number of hydrogen-bond acceptors (Lipinski definition) is 3. The normalized spacial score (nSPS) is 18.9. The molecule has 0 spiro atoms. The Morgan fingerprint density at radius 1 is 1.07 bits per heavy atom. The molecule has 6 heteroatoms. The molecule has 3 rings (SSSR count). The van der Waals surface area contributed by atoms with Crippen LogP contribution in [0.3, 0.4) is 0 Å². The molecule has 2 aromatic rings. The molecule has 2 aromatic carbocycles. The van der Waals surface area contributed by atoms with Crippen LogP contribution in [-0.2, 0) is 0 Å². The number of halogens is 1. The maximum Gasteiger partial charge on any atom is 0.255 e. The SMILES string of the molecule is Cc1ccc(C(=O)NCC2CCCC(CN)C2)cc1NC(=O)c1cccc(F)c1. The second-order valence-corrected chi connectivity index (χ2v) is 7.84. The lowest BCUT2D eigenvalue weighted by Gasteiger charge is -2.28. The van der Waals surface area contributed by atoms with E-state index in [1.165, 1.54) is 24.6 Å². The molecular weight excluding hydrogens is 369 g/mol. The van der Waals surface area contributed by atoms with E-state index < -0.39 is 11.7 Å². The van der Waals surface area contributed by atoms with Gasteiger partial charge in [-0.1, -0.05) is 18.6 Å². The summed E-state index contributed by atoms with van der Waals surface area (Å²) in [6.45, 7) is 3.18. The number of amides is 2. The van der Waals surface area contributed by atoms with Crippen molar-refractivity contribution < 1.29 is 14.0 Å². The zero-order chi connectivity index (χ0) is 20.8. The number of carbonyl (C=O) groups is 2. The fourth-order valence-corrected chi connectivity index (χ4v) is 3.86. The summed E-state index contributed by atoms with van der Waals surface area (Å²) in [5, 5.41) is 5.78. The Morgan fingerprint density at radius 3 is 2.59 bits per heavy atom. The second-order valence-electron chi connectivity index (χ2n) is 7.84. The van der Waals surface area contributed by atoms with E-state index in [0.29, 0.717) is 36.2 Å². The van der Waals surface area contributed by atoms with Gasteiger partial charge in [-0.25, -0.2) is 4.39 Å². The van der Waals surface area contributed by atoms with Gasteiger partial charge in [0.2, 0.25) is 0 Å². The van der Waals surface area contributed by atoms with Gasteiger partial charge in [0.25, 0.3) is 11.8 Å². The molecule has 0 radical (unpaired) electrons. The third-order valence-electron chi connectivity index (χ3n) is 5.61. The van der Waals surface area contributed by atoms with Crippen molar-refractivity contribution >= 4 is 17.5 Å². The second kappa shape index (κ2) is 9.65. The van der Waals surface area contributed by atoms with Crippen molar-refractivity contribution in [3.05, 3.63) is 65.0 Å². The third-order valence-corrected chi connectivity index (χ3v) is 5.61. The maximum atomic E-state index is 13.4. The summed E-state index contributed by atoms with van der Waals surface area (Å²) < 4.78 is 13.4. The van der Waals surface area contributed by atoms with Crippen LogP contribution in [0.2, 0.25) is 0 Å². The van der Waals surface area contributed by atoms with Crippen molar-refractivity contribution in [2.45, 2.75) is 32.6 Å².